The molecule has 0 aliphatic carbocycles. The number of carbonyl (C=O) groups is 1. The predicted molar refractivity (Wildman–Crippen MR) is 63.1 cm³/mol. The molecule has 86 valence electrons. The molecule has 1 aromatic heterocycles. The highest BCUT2D eigenvalue weighted by molar-refractivity contribution is 5.74. The number of nitrogens with zero attached hydrogens (tertiary/aromatic N) is 3. The highest BCUT2D eigenvalue weighted by atomic mass is 16.2. The number of piperazine rings is 1. The van der Waals surface area contributed by atoms with Gasteiger partial charge in [-0.25, -0.2) is 4.98 Å². The van der Waals surface area contributed by atoms with Crippen molar-refractivity contribution in [2.75, 3.05) is 36.8 Å². The van der Waals surface area contributed by atoms with Crippen LogP contribution in [0.25, 0.3) is 0 Å². The third-order valence-corrected chi connectivity index (χ3v) is 2.88. The van der Waals surface area contributed by atoms with E-state index in [0.29, 0.717) is 5.82 Å². The Morgan fingerprint density at radius 1 is 1.38 bits per heavy atom. The van der Waals surface area contributed by atoms with Crippen molar-refractivity contribution in [1.29, 1.82) is 0 Å². The highest BCUT2D eigenvalue weighted by Gasteiger charge is 2.19. The van der Waals surface area contributed by atoms with E-state index < -0.39 is 0 Å². The summed E-state index contributed by atoms with van der Waals surface area (Å²) in [6.07, 6.45) is 1.69. The van der Waals surface area contributed by atoms with Crippen molar-refractivity contribution in [3.63, 3.8) is 0 Å². The molecule has 0 radical (unpaired) electrons. The van der Waals surface area contributed by atoms with Crippen LogP contribution in [-0.4, -0.2) is 42.0 Å². The molecule has 5 nitrogen and oxygen atoms in total. The Balaban J connectivity index is 2.05. The molecular formula is C11H16N4O. The van der Waals surface area contributed by atoms with Crippen molar-refractivity contribution in [2.24, 2.45) is 0 Å². The number of hydrogen-bond donors (Lipinski definition) is 1. The van der Waals surface area contributed by atoms with Gasteiger partial charge < -0.3 is 15.5 Å². The maximum absolute atomic E-state index is 11.2. The summed E-state index contributed by atoms with van der Waals surface area (Å²) in [7, 11) is 0. The van der Waals surface area contributed by atoms with Gasteiger partial charge in [0.2, 0.25) is 5.91 Å². The Hall–Kier alpha value is -1.78. The quantitative estimate of drug-likeness (QED) is 0.741. The summed E-state index contributed by atoms with van der Waals surface area (Å²) >= 11 is 0. The molecule has 0 atom stereocenters. The molecule has 0 unspecified atom stereocenters. The van der Waals surface area contributed by atoms with E-state index in [-0.39, 0.29) is 5.91 Å². The molecule has 1 aliphatic heterocycles. The molecule has 1 fully saturated rings. The fourth-order valence-electron chi connectivity index (χ4n) is 1.94. The molecule has 5 heteroatoms. The number of nitrogens with two attached hydrogens (primary N) is 1. The molecule has 1 aliphatic rings. The minimum atomic E-state index is 0.138. The third kappa shape index (κ3) is 2.08. The number of carbonyl (C=O) groups excluding carboxylic acids is 1. The summed E-state index contributed by atoms with van der Waals surface area (Å²) in [6, 6.07) is 3.84. The van der Waals surface area contributed by atoms with Crippen LogP contribution in [0.3, 0.4) is 0 Å². The van der Waals surface area contributed by atoms with E-state index in [4.69, 9.17) is 5.73 Å². The lowest BCUT2D eigenvalue weighted by atomic mass is 10.2. The Kier molecular flexibility index (Phi) is 2.94. The van der Waals surface area contributed by atoms with Crippen LogP contribution >= 0.6 is 0 Å². The number of hydrogen-bond acceptors (Lipinski definition) is 4. The van der Waals surface area contributed by atoms with Gasteiger partial charge in [0, 0.05) is 39.3 Å². The van der Waals surface area contributed by atoms with Gasteiger partial charge in [0.05, 0.1) is 5.69 Å². The number of anilines is 2. The van der Waals surface area contributed by atoms with Crippen LogP contribution in [0, 0.1) is 0 Å². The molecule has 0 saturated carbocycles. The molecule has 0 aromatic carbocycles. The first-order valence-corrected chi connectivity index (χ1v) is 5.39. The average molecular weight is 220 g/mol. The smallest absolute Gasteiger partial charge is 0.219 e. The van der Waals surface area contributed by atoms with Crippen LogP contribution in [0.5, 0.6) is 0 Å². The highest BCUT2D eigenvalue weighted by Crippen LogP contribution is 2.21. The van der Waals surface area contributed by atoms with Crippen LogP contribution in [0.4, 0.5) is 11.5 Å². The second-order valence-electron chi connectivity index (χ2n) is 3.90. The normalized spacial score (nSPS) is 16.3. The monoisotopic (exact) mass is 220 g/mol. The van der Waals surface area contributed by atoms with Gasteiger partial charge in [-0.15, -0.1) is 0 Å². The summed E-state index contributed by atoms with van der Waals surface area (Å²) in [5.74, 6) is 0.692. The van der Waals surface area contributed by atoms with Gasteiger partial charge in [0.1, 0.15) is 5.82 Å². The summed E-state index contributed by atoms with van der Waals surface area (Å²) in [6.45, 7) is 4.74. The first-order chi connectivity index (χ1) is 7.68. The Morgan fingerprint density at radius 3 is 2.62 bits per heavy atom. The molecule has 0 spiro atoms. The van der Waals surface area contributed by atoms with Crippen LogP contribution < -0.4 is 10.6 Å². The van der Waals surface area contributed by atoms with Gasteiger partial charge in [0.15, 0.2) is 0 Å². The van der Waals surface area contributed by atoms with Crippen LogP contribution in [0.15, 0.2) is 18.3 Å². The van der Waals surface area contributed by atoms with Crippen molar-refractivity contribution in [3.05, 3.63) is 18.3 Å². The Labute approximate surface area is 94.9 Å². The first-order valence-electron chi connectivity index (χ1n) is 5.39. The van der Waals surface area contributed by atoms with Crippen molar-refractivity contribution < 1.29 is 4.79 Å². The SMILES string of the molecule is CC(=O)N1CCN(c2cccnc2N)CC1. The zero-order valence-electron chi connectivity index (χ0n) is 9.39. The second-order valence-corrected chi connectivity index (χ2v) is 3.90. The summed E-state index contributed by atoms with van der Waals surface area (Å²) in [4.78, 5) is 19.3. The van der Waals surface area contributed by atoms with Crippen molar-refractivity contribution in [2.45, 2.75) is 6.92 Å². The van der Waals surface area contributed by atoms with Crippen molar-refractivity contribution in [1.82, 2.24) is 9.88 Å². The van der Waals surface area contributed by atoms with Gasteiger partial charge in [-0.05, 0) is 12.1 Å². The minimum Gasteiger partial charge on any atom is -0.382 e. The fourth-order valence-corrected chi connectivity index (χ4v) is 1.94. The van der Waals surface area contributed by atoms with E-state index in [9.17, 15) is 4.79 Å². The molecular weight excluding hydrogens is 204 g/mol. The molecule has 1 aromatic rings. The van der Waals surface area contributed by atoms with Gasteiger partial charge in [-0.2, -0.15) is 0 Å². The van der Waals surface area contributed by atoms with E-state index in [2.05, 4.69) is 9.88 Å². The van der Waals surface area contributed by atoms with E-state index >= 15 is 0 Å². The Bertz CT molecular complexity index is 385. The number of aromatic nitrogens is 1. The summed E-state index contributed by atoms with van der Waals surface area (Å²) in [5, 5.41) is 0. The van der Waals surface area contributed by atoms with E-state index in [1.165, 1.54) is 0 Å². The summed E-state index contributed by atoms with van der Waals surface area (Å²) in [5.41, 5.74) is 6.78. The number of pyridine rings is 1. The second kappa shape index (κ2) is 4.38. The molecule has 2 rings (SSSR count). The van der Waals surface area contributed by atoms with Crippen molar-refractivity contribution >= 4 is 17.4 Å². The van der Waals surface area contributed by atoms with Gasteiger partial charge in [-0.3, -0.25) is 4.79 Å². The van der Waals surface area contributed by atoms with E-state index in [0.717, 1.165) is 31.9 Å². The first kappa shape index (κ1) is 10.7. The minimum absolute atomic E-state index is 0.138. The third-order valence-electron chi connectivity index (χ3n) is 2.88. The van der Waals surface area contributed by atoms with Gasteiger partial charge >= 0.3 is 0 Å². The lowest BCUT2D eigenvalue weighted by Gasteiger charge is -2.35. The molecule has 2 heterocycles. The van der Waals surface area contributed by atoms with E-state index in [1.807, 2.05) is 17.0 Å². The van der Waals surface area contributed by atoms with Crippen LogP contribution in [0.2, 0.25) is 0 Å². The zero-order valence-corrected chi connectivity index (χ0v) is 9.39. The Morgan fingerprint density at radius 2 is 2.06 bits per heavy atom. The maximum Gasteiger partial charge on any atom is 0.219 e. The molecule has 0 bridgehead atoms. The van der Waals surface area contributed by atoms with Crippen LogP contribution in [-0.2, 0) is 4.79 Å². The zero-order chi connectivity index (χ0) is 11.5. The number of rotatable bonds is 1. The molecule has 1 amide bonds. The maximum atomic E-state index is 11.2. The fraction of sp³-hybridized carbons (Fsp3) is 0.455. The largest absolute Gasteiger partial charge is 0.382 e. The van der Waals surface area contributed by atoms with Gasteiger partial charge in [0.25, 0.3) is 0 Å². The molecule has 16 heavy (non-hydrogen) atoms. The lowest BCUT2D eigenvalue weighted by Crippen LogP contribution is -2.48. The van der Waals surface area contributed by atoms with Crippen molar-refractivity contribution in [3.8, 4) is 0 Å². The topological polar surface area (TPSA) is 62.5 Å². The molecule has 2 N–H and O–H groups in total. The summed E-state index contributed by atoms with van der Waals surface area (Å²) < 4.78 is 0. The van der Waals surface area contributed by atoms with Gasteiger partial charge in [-0.1, -0.05) is 0 Å². The number of amides is 1. The lowest BCUT2D eigenvalue weighted by molar-refractivity contribution is -0.129. The van der Waals surface area contributed by atoms with E-state index in [1.54, 1.807) is 13.1 Å². The predicted octanol–water partition coefficient (Wildman–Crippen LogP) is 0.332. The standard InChI is InChI=1S/C11H16N4O/c1-9(16)14-5-7-15(8-6-14)10-3-2-4-13-11(10)12/h2-4H,5-8H2,1H3,(H2,12,13). The molecule has 1 saturated heterocycles. The van der Waals surface area contributed by atoms with Crippen LogP contribution in [0.1, 0.15) is 6.92 Å². The number of nitrogen functional groups attached to an aromatic ring is 1. The average Bonchev–Trinajstić information content (AvgIpc) is 2.30.